The largest absolute Gasteiger partial charge is 0.487 e. The molecule has 0 unspecified atom stereocenters. The van der Waals surface area contributed by atoms with Gasteiger partial charge in [0.2, 0.25) is 0 Å². The zero-order valence-corrected chi connectivity index (χ0v) is 12.2. The third kappa shape index (κ3) is 4.35. The standard InChI is InChI=1S/C15H17NO3S/c1-2-4-14-16-12(10-20-14)9-19-13-6-3-5-11(7-13)8-15(17)18/h3,5-7,10H,2,4,8-9H2,1H3,(H,17,18). The molecule has 2 aromatic rings. The van der Waals surface area contributed by atoms with Gasteiger partial charge in [-0.1, -0.05) is 19.1 Å². The molecule has 0 aliphatic rings. The zero-order chi connectivity index (χ0) is 14.4. The van der Waals surface area contributed by atoms with Crippen molar-refractivity contribution in [2.75, 3.05) is 0 Å². The fourth-order valence-electron chi connectivity index (χ4n) is 1.82. The van der Waals surface area contributed by atoms with E-state index in [2.05, 4.69) is 11.9 Å². The second-order valence-electron chi connectivity index (χ2n) is 4.49. The number of aromatic nitrogens is 1. The molecule has 0 radical (unpaired) electrons. The second-order valence-corrected chi connectivity index (χ2v) is 5.43. The lowest BCUT2D eigenvalue weighted by Gasteiger charge is -2.05. The van der Waals surface area contributed by atoms with Crippen molar-refractivity contribution in [3.8, 4) is 5.75 Å². The van der Waals surface area contributed by atoms with Crippen molar-refractivity contribution in [1.82, 2.24) is 4.98 Å². The maximum Gasteiger partial charge on any atom is 0.307 e. The van der Waals surface area contributed by atoms with Gasteiger partial charge >= 0.3 is 5.97 Å². The van der Waals surface area contributed by atoms with Gasteiger partial charge in [0.25, 0.3) is 0 Å². The third-order valence-electron chi connectivity index (χ3n) is 2.70. The highest BCUT2D eigenvalue weighted by Crippen LogP contribution is 2.17. The Bertz CT molecular complexity index is 580. The van der Waals surface area contributed by atoms with Gasteiger partial charge in [0.15, 0.2) is 0 Å². The SMILES string of the molecule is CCCc1nc(COc2cccc(CC(=O)O)c2)cs1. The van der Waals surface area contributed by atoms with E-state index in [1.807, 2.05) is 11.4 Å². The van der Waals surface area contributed by atoms with Crippen molar-refractivity contribution in [3.05, 3.63) is 45.9 Å². The maximum atomic E-state index is 10.7. The molecule has 1 aromatic carbocycles. The van der Waals surface area contributed by atoms with E-state index >= 15 is 0 Å². The van der Waals surface area contributed by atoms with Crippen molar-refractivity contribution < 1.29 is 14.6 Å². The number of rotatable bonds is 7. The molecule has 0 fully saturated rings. The highest BCUT2D eigenvalue weighted by molar-refractivity contribution is 7.09. The summed E-state index contributed by atoms with van der Waals surface area (Å²) in [5.41, 5.74) is 1.65. The van der Waals surface area contributed by atoms with Crippen LogP contribution in [0.2, 0.25) is 0 Å². The van der Waals surface area contributed by atoms with Gasteiger partial charge in [-0.2, -0.15) is 0 Å². The van der Waals surface area contributed by atoms with Crippen LogP contribution in [-0.4, -0.2) is 16.1 Å². The Labute approximate surface area is 122 Å². The number of carboxylic acids is 1. The molecule has 0 spiro atoms. The van der Waals surface area contributed by atoms with Crippen molar-refractivity contribution in [2.24, 2.45) is 0 Å². The summed E-state index contributed by atoms with van der Waals surface area (Å²) in [4.78, 5) is 15.2. The number of carboxylic acid groups (broad SMARTS) is 1. The first kappa shape index (κ1) is 14.5. The Balaban J connectivity index is 1.94. The summed E-state index contributed by atoms with van der Waals surface area (Å²) in [6, 6.07) is 7.17. The van der Waals surface area contributed by atoms with Gasteiger partial charge in [-0.05, 0) is 30.5 Å². The van der Waals surface area contributed by atoms with Crippen molar-refractivity contribution in [2.45, 2.75) is 32.8 Å². The molecule has 0 saturated heterocycles. The summed E-state index contributed by atoms with van der Waals surface area (Å²) in [6.45, 7) is 2.54. The van der Waals surface area contributed by atoms with Crippen LogP contribution < -0.4 is 4.74 Å². The first-order valence-corrected chi connectivity index (χ1v) is 7.42. The molecule has 4 nitrogen and oxygen atoms in total. The van der Waals surface area contributed by atoms with E-state index in [-0.39, 0.29) is 6.42 Å². The lowest BCUT2D eigenvalue weighted by atomic mass is 10.1. The Hall–Kier alpha value is -1.88. The molecular formula is C15H17NO3S. The summed E-state index contributed by atoms with van der Waals surface area (Å²) in [7, 11) is 0. The quantitative estimate of drug-likeness (QED) is 0.850. The number of aliphatic carboxylic acids is 1. The monoisotopic (exact) mass is 291 g/mol. The van der Waals surface area contributed by atoms with Crippen LogP contribution in [0.15, 0.2) is 29.6 Å². The summed E-state index contributed by atoms with van der Waals surface area (Å²) >= 11 is 1.65. The van der Waals surface area contributed by atoms with Crippen LogP contribution in [-0.2, 0) is 24.2 Å². The van der Waals surface area contributed by atoms with Gasteiger partial charge in [-0.3, -0.25) is 4.79 Å². The molecule has 20 heavy (non-hydrogen) atoms. The average Bonchev–Trinajstić information content (AvgIpc) is 2.84. The fourth-order valence-corrected chi connectivity index (χ4v) is 2.71. The topological polar surface area (TPSA) is 59.4 Å². The molecule has 0 atom stereocenters. The van der Waals surface area contributed by atoms with Crippen LogP contribution in [0.4, 0.5) is 0 Å². The number of hydrogen-bond acceptors (Lipinski definition) is 4. The van der Waals surface area contributed by atoms with E-state index in [1.165, 1.54) is 0 Å². The molecule has 0 saturated carbocycles. The van der Waals surface area contributed by atoms with E-state index < -0.39 is 5.97 Å². The summed E-state index contributed by atoms with van der Waals surface area (Å²) in [5, 5.41) is 11.9. The Morgan fingerprint density at radius 1 is 1.45 bits per heavy atom. The predicted octanol–water partition coefficient (Wildman–Crippen LogP) is 3.30. The molecule has 5 heteroatoms. The number of benzene rings is 1. The minimum absolute atomic E-state index is 0.00848. The first-order valence-electron chi connectivity index (χ1n) is 6.54. The molecule has 0 amide bonds. The number of nitrogens with zero attached hydrogens (tertiary/aromatic N) is 1. The Morgan fingerprint density at radius 2 is 2.30 bits per heavy atom. The molecule has 2 rings (SSSR count). The lowest BCUT2D eigenvalue weighted by molar-refractivity contribution is -0.136. The predicted molar refractivity (Wildman–Crippen MR) is 78.2 cm³/mol. The van der Waals surface area contributed by atoms with Crippen LogP contribution in [0.1, 0.15) is 29.6 Å². The van der Waals surface area contributed by atoms with Gasteiger partial charge in [0, 0.05) is 5.38 Å². The van der Waals surface area contributed by atoms with Gasteiger partial charge in [0.05, 0.1) is 17.1 Å². The Morgan fingerprint density at radius 3 is 3.05 bits per heavy atom. The molecule has 0 bridgehead atoms. The molecule has 1 N–H and O–H groups in total. The van der Waals surface area contributed by atoms with E-state index in [4.69, 9.17) is 9.84 Å². The Kier molecular flexibility index (Phi) is 5.12. The summed E-state index contributed by atoms with van der Waals surface area (Å²) < 4.78 is 5.66. The van der Waals surface area contributed by atoms with Crippen LogP contribution >= 0.6 is 11.3 Å². The fraction of sp³-hybridized carbons (Fsp3) is 0.333. The highest BCUT2D eigenvalue weighted by atomic mass is 32.1. The molecule has 1 heterocycles. The maximum absolute atomic E-state index is 10.7. The van der Waals surface area contributed by atoms with Crippen LogP contribution in [0, 0.1) is 0 Å². The minimum atomic E-state index is -0.842. The van der Waals surface area contributed by atoms with E-state index in [9.17, 15) is 4.79 Å². The van der Waals surface area contributed by atoms with E-state index in [0.717, 1.165) is 29.1 Å². The normalized spacial score (nSPS) is 10.4. The number of aryl methyl sites for hydroxylation is 1. The van der Waals surface area contributed by atoms with Crippen molar-refractivity contribution in [3.63, 3.8) is 0 Å². The molecule has 0 aliphatic heterocycles. The van der Waals surface area contributed by atoms with Crippen LogP contribution in [0.25, 0.3) is 0 Å². The number of thiazole rings is 1. The van der Waals surface area contributed by atoms with Gasteiger partial charge in [-0.25, -0.2) is 4.98 Å². The van der Waals surface area contributed by atoms with Crippen molar-refractivity contribution in [1.29, 1.82) is 0 Å². The number of hydrogen-bond donors (Lipinski definition) is 1. The van der Waals surface area contributed by atoms with E-state index in [1.54, 1.807) is 29.5 Å². The van der Waals surface area contributed by atoms with Gasteiger partial charge in [-0.15, -0.1) is 11.3 Å². The van der Waals surface area contributed by atoms with Crippen LogP contribution in [0.5, 0.6) is 5.75 Å². The first-order chi connectivity index (χ1) is 9.67. The second kappa shape index (κ2) is 7.05. The minimum Gasteiger partial charge on any atom is -0.487 e. The van der Waals surface area contributed by atoms with Gasteiger partial charge in [0.1, 0.15) is 12.4 Å². The highest BCUT2D eigenvalue weighted by Gasteiger charge is 2.04. The molecule has 0 aliphatic carbocycles. The van der Waals surface area contributed by atoms with Gasteiger partial charge < -0.3 is 9.84 Å². The third-order valence-corrected chi connectivity index (χ3v) is 3.66. The molecular weight excluding hydrogens is 274 g/mol. The zero-order valence-electron chi connectivity index (χ0n) is 11.3. The summed E-state index contributed by atoms with van der Waals surface area (Å²) in [6.07, 6.45) is 2.10. The summed E-state index contributed by atoms with van der Waals surface area (Å²) in [5.74, 6) is -0.167. The lowest BCUT2D eigenvalue weighted by Crippen LogP contribution is -2.01. The molecule has 106 valence electrons. The average molecular weight is 291 g/mol. The smallest absolute Gasteiger partial charge is 0.307 e. The van der Waals surface area contributed by atoms with Crippen molar-refractivity contribution >= 4 is 17.3 Å². The van der Waals surface area contributed by atoms with E-state index in [0.29, 0.717) is 12.4 Å². The number of ether oxygens (including phenoxy) is 1. The molecule has 1 aromatic heterocycles. The van der Waals surface area contributed by atoms with Crippen LogP contribution in [0.3, 0.4) is 0 Å². The number of carbonyl (C=O) groups is 1.